The lowest BCUT2D eigenvalue weighted by Crippen LogP contribution is -2.43. The Balaban J connectivity index is 1.74. The molecule has 3 rings (SSSR count). The largest absolute Gasteiger partial charge is 0.447 e. The smallest absolute Gasteiger partial charge is 0.414 e. The summed E-state index contributed by atoms with van der Waals surface area (Å²) in [6.07, 6.45) is 2.69. The third-order valence-corrected chi connectivity index (χ3v) is 6.74. The predicted octanol–water partition coefficient (Wildman–Crippen LogP) is 2.75. The first-order chi connectivity index (χ1) is 11.4. The molecular weight excluding hydrogens is 328 g/mol. The molecule has 1 amide bonds. The Kier molecular flexibility index (Phi) is 4.83. The maximum Gasteiger partial charge on any atom is 0.414 e. The number of hydrogen-bond donors (Lipinski definition) is 1. The van der Waals surface area contributed by atoms with Crippen LogP contribution in [0.2, 0.25) is 0 Å². The topological polar surface area (TPSA) is 75.7 Å². The Morgan fingerprint density at radius 3 is 2.50 bits per heavy atom. The van der Waals surface area contributed by atoms with Gasteiger partial charge in [-0.15, -0.1) is 0 Å². The minimum Gasteiger partial charge on any atom is -0.447 e. The predicted molar refractivity (Wildman–Crippen MR) is 91.4 cm³/mol. The Hall–Kier alpha value is -1.60. The number of amides is 1. The lowest BCUT2D eigenvalue weighted by molar-refractivity contribution is 0.181. The Labute approximate surface area is 143 Å². The third kappa shape index (κ3) is 3.42. The van der Waals surface area contributed by atoms with Crippen LogP contribution in [0, 0.1) is 11.8 Å². The summed E-state index contributed by atoms with van der Waals surface area (Å²) in [7, 11) is -3.55. The highest BCUT2D eigenvalue weighted by atomic mass is 32.2. The zero-order valence-electron chi connectivity index (χ0n) is 14.1. The molecule has 1 aromatic carbocycles. The molecule has 1 aliphatic carbocycles. The molecule has 132 valence electrons. The second kappa shape index (κ2) is 6.72. The maximum atomic E-state index is 12.6. The van der Waals surface area contributed by atoms with Crippen molar-refractivity contribution in [3.8, 4) is 0 Å². The summed E-state index contributed by atoms with van der Waals surface area (Å²) >= 11 is 0. The van der Waals surface area contributed by atoms with Gasteiger partial charge >= 0.3 is 6.09 Å². The molecule has 1 aromatic rings. The summed E-state index contributed by atoms with van der Waals surface area (Å²) in [5.41, 5.74) is 0.649. The fourth-order valence-corrected chi connectivity index (χ4v) is 4.81. The van der Waals surface area contributed by atoms with Crippen molar-refractivity contribution in [3.05, 3.63) is 24.3 Å². The molecule has 3 atom stereocenters. The van der Waals surface area contributed by atoms with Gasteiger partial charge in [0, 0.05) is 11.7 Å². The van der Waals surface area contributed by atoms with Gasteiger partial charge < -0.3 is 4.74 Å². The highest BCUT2D eigenvalue weighted by molar-refractivity contribution is 7.89. The minimum atomic E-state index is -3.55. The Bertz CT molecular complexity index is 702. The van der Waals surface area contributed by atoms with Crippen LogP contribution in [-0.2, 0) is 14.8 Å². The monoisotopic (exact) mass is 352 g/mol. The molecule has 2 fully saturated rings. The Morgan fingerprint density at radius 1 is 1.17 bits per heavy atom. The van der Waals surface area contributed by atoms with E-state index >= 15 is 0 Å². The first-order valence-corrected chi connectivity index (χ1v) is 9.93. The molecule has 7 heteroatoms. The van der Waals surface area contributed by atoms with E-state index < -0.39 is 16.1 Å². The number of carbonyl (C=O) groups is 1. The minimum absolute atomic E-state index is 0.0213. The number of carbonyl (C=O) groups excluding carboxylic acids is 1. The van der Waals surface area contributed by atoms with Crippen molar-refractivity contribution in [2.45, 2.75) is 44.0 Å². The van der Waals surface area contributed by atoms with Crippen LogP contribution in [0.4, 0.5) is 10.5 Å². The third-order valence-electron chi connectivity index (χ3n) is 5.23. The van der Waals surface area contributed by atoms with Crippen molar-refractivity contribution in [2.75, 3.05) is 18.1 Å². The molecule has 0 unspecified atom stereocenters. The lowest BCUT2D eigenvalue weighted by Gasteiger charge is -2.34. The highest BCUT2D eigenvalue weighted by Gasteiger charge is 2.31. The van der Waals surface area contributed by atoms with E-state index in [1.165, 1.54) is 4.90 Å². The normalized spacial score (nSPS) is 28.0. The first-order valence-electron chi connectivity index (χ1n) is 8.45. The lowest BCUT2D eigenvalue weighted by atomic mass is 9.78. The second-order valence-corrected chi connectivity index (χ2v) is 8.47. The highest BCUT2D eigenvalue weighted by Crippen LogP contribution is 2.30. The average Bonchev–Trinajstić information content (AvgIpc) is 2.98. The van der Waals surface area contributed by atoms with Crippen molar-refractivity contribution < 1.29 is 17.9 Å². The number of anilines is 1. The fraction of sp³-hybridized carbons (Fsp3) is 0.588. The number of sulfonamides is 1. The quantitative estimate of drug-likeness (QED) is 0.904. The van der Waals surface area contributed by atoms with Gasteiger partial charge in [-0.2, -0.15) is 0 Å². The van der Waals surface area contributed by atoms with Crippen LogP contribution in [-0.4, -0.2) is 33.7 Å². The molecule has 1 saturated heterocycles. The van der Waals surface area contributed by atoms with E-state index in [4.69, 9.17) is 4.74 Å². The first kappa shape index (κ1) is 17.2. The molecule has 0 spiro atoms. The maximum absolute atomic E-state index is 12.6. The van der Waals surface area contributed by atoms with Crippen LogP contribution in [0.5, 0.6) is 0 Å². The molecule has 0 radical (unpaired) electrons. The zero-order chi connectivity index (χ0) is 17.3. The van der Waals surface area contributed by atoms with E-state index in [0.29, 0.717) is 30.7 Å². The zero-order valence-corrected chi connectivity index (χ0v) is 14.9. The standard InChI is InChI=1S/C17H24N2O4S/c1-12-4-3-5-16(13(12)2)18-24(21,22)15-8-6-14(7-9-15)19-10-11-23-17(19)20/h6-9,12-13,16,18H,3-5,10-11H2,1-2H3/t12-,13+,16-/m1/s1. The number of cyclic esters (lactones) is 1. The molecule has 1 N–H and O–H groups in total. The van der Waals surface area contributed by atoms with Crippen LogP contribution in [0.3, 0.4) is 0 Å². The van der Waals surface area contributed by atoms with Gasteiger partial charge in [0.25, 0.3) is 0 Å². The van der Waals surface area contributed by atoms with Crippen LogP contribution < -0.4 is 9.62 Å². The van der Waals surface area contributed by atoms with Gasteiger partial charge in [0.05, 0.1) is 11.4 Å². The number of nitrogens with zero attached hydrogens (tertiary/aromatic N) is 1. The van der Waals surface area contributed by atoms with E-state index in [-0.39, 0.29) is 10.9 Å². The van der Waals surface area contributed by atoms with Crippen molar-refractivity contribution in [1.82, 2.24) is 4.72 Å². The molecule has 6 nitrogen and oxygen atoms in total. The molecule has 1 heterocycles. The summed E-state index contributed by atoms with van der Waals surface area (Å²) < 4.78 is 33.0. The molecular formula is C17H24N2O4S. The second-order valence-electron chi connectivity index (χ2n) is 6.75. The van der Waals surface area contributed by atoms with E-state index in [9.17, 15) is 13.2 Å². The van der Waals surface area contributed by atoms with E-state index in [1.54, 1.807) is 24.3 Å². The number of ether oxygens (including phenoxy) is 1. The number of rotatable bonds is 4. The molecule has 1 aliphatic heterocycles. The van der Waals surface area contributed by atoms with Gasteiger partial charge in [0.1, 0.15) is 6.61 Å². The SMILES string of the molecule is C[C@H]1[C@H](C)CCC[C@H]1NS(=O)(=O)c1ccc(N2CCOC2=O)cc1. The van der Waals surface area contributed by atoms with Gasteiger partial charge in [0.2, 0.25) is 10.0 Å². The van der Waals surface area contributed by atoms with Gasteiger partial charge in [-0.3, -0.25) is 4.90 Å². The van der Waals surface area contributed by atoms with Crippen LogP contribution in [0.25, 0.3) is 0 Å². The van der Waals surface area contributed by atoms with E-state index in [2.05, 4.69) is 18.6 Å². The van der Waals surface area contributed by atoms with Crippen LogP contribution in [0.15, 0.2) is 29.2 Å². The summed E-state index contributed by atoms with van der Waals surface area (Å²) in [5, 5.41) is 0. The molecule has 0 aromatic heterocycles. The number of nitrogens with one attached hydrogen (secondary N) is 1. The molecule has 2 aliphatic rings. The van der Waals surface area contributed by atoms with Gasteiger partial charge in [-0.25, -0.2) is 17.9 Å². The summed E-state index contributed by atoms with van der Waals surface area (Å²) in [6, 6.07) is 6.36. The fourth-order valence-electron chi connectivity index (χ4n) is 3.45. The number of hydrogen-bond acceptors (Lipinski definition) is 4. The van der Waals surface area contributed by atoms with Gasteiger partial charge in [-0.05, 0) is 42.5 Å². The summed E-state index contributed by atoms with van der Waals surface area (Å²) in [4.78, 5) is 13.3. The Morgan fingerprint density at radius 2 is 1.88 bits per heavy atom. The van der Waals surface area contributed by atoms with Gasteiger partial charge in [0.15, 0.2) is 0 Å². The van der Waals surface area contributed by atoms with Crippen molar-refractivity contribution in [2.24, 2.45) is 11.8 Å². The molecule has 1 saturated carbocycles. The van der Waals surface area contributed by atoms with E-state index in [0.717, 1.165) is 19.3 Å². The average molecular weight is 352 g/mol. The van der Waals surface area contributed by atoms with Crippen molar-refractivity contribution in [3.63, 3.8) is 0 Å². The van der Waals surface area contributed by atoms with E-state index in [1.807, 2.05) is 0 Å². The van der Waals surface area contributed by atoms with Crippen LogP contribution >= 0.6 is 0 Å². The molecule has 0 bridgehead atoms. The van der Waals surface area contributed by atoms with Crippen molar-refractivity contribution >= 4 is 21.8 Å². The van der Waals surface area contributed by atoms with Crippen LogP contribution in [0.1, 0.15) is 33.1 Å². The summed E-state index contributed by atoms with van der Waals surface area (Å²) in [5.74, 6) is 0.849. The number of benzene rings is 1. The molecule has 24 heavy (non-hydrogen) atoms. The van der Waals surface area contributed by atoms with Crippen molar-refractivity contribution in [1.29, 1.82) is 0 Å². The van der Waals surface area contributed by atoms with Gasteiger partial charge in [-0.1, -0.05) is 26.7 Å². The summed E-state index contributed by atoms with van der Waals surface area (Å²) in [6.45, 7) is 5.13.